The second kappa shape index (κ2) is 12.5. The Morgan fingerprint density at radius 3 is 2.11 bits per heavy atom. The van der Waals surface area contributed by atoms with Crippen molar-refractivity contribution in [3.05, 3.63) is 47.5 Å². The van der Waals surface area contributed by atoms with E-state index in [0.717, 1.165) is 18.4 Å². The molecule has 1 heterocycles. The van der Waals surface area contributed by atoms with Crippen LogP contribution in [0.3, 0.4) is 0 Å². The second-order valence-electron chi connectivity index (χ2n) is 9.07. The van der Waals surface area contributed by atoms with Gasteiger partial charge in [0.15, 0.2) is 42.7 Å². The van der Waals surface area contributed by atoms with Crippen LogP contribution in [0.25, 0.3) is 0 Å². The number of nitrogens with one attached hydrogen (secondary N) is 1. The number of sulfone groups is 2. The molecule has 1 fully saturated rings. The molecule has 0 radical (unpaired) electrons. The first-order valence-electron chi connectivity index (χ1n) is 12.3. The zero-order chi connectivity index (χ0) is 28.0. The highest BCUT2D eigenvalue weighted by molar-refractivity contribution is 8.10. The number of aliphatic hydroxyl groups is 1. The van der Waals surface area contributed by atoms with Crippen molar-refractivity contribution in [1.29, 1.82) is 0 Å². The Kier molecular flexibility index (Phi) is 9.91. The van der Waals surface area contributed by atoms with E-state index in [0.29, 0.717) is 23.8 Å². The Morgan fingerprint density at radius 2 is 1.50 bits per heavy atom. The monoisotopic (exact) mass is 571 g/mol. The zero-order valence-electron chi connectivity index (χ0n) is 22.2. The third-order valence-electron chi connectivity index (χ3n) is 7.01. The molecule has 1 aliphatic heterocycles. The van der Waals surface area contributed by atoms with Gasteiger partial charge in [-0.1, -0.05) is 12.1 Å². The van der Waals surface area contributed by atoms with Crippen LogP contribution < -0.4 is 24.3 Å². The number of aryl methyl sites for hydroxylation is 1. The van der Waals surface area contributed by atoms with E-state index in [-0.39, 0.29) is 30.0 Å². The van der Waals surface area contributed by atoms with Crippen LogP contribution in [0.15, 0.2) is 36.4 Å². The summed E-state index contributed by atoms with van der Waals surface area (Å²) in [5, 5.41) is 12.1. The number of hydrogen-bond acceptors (Lipinski definition) is 10. The van der Waals surface area contributed by atoms with Gasteiger partial charge in [-0.05, 0) is 61.2 Å². The first-order valence-corrected chi connectivity index (χ1v) is 15.5. The van der Waals surface area contributed by atoms with Crippen LogP contribution in [0, 0.1) is 0 Å². The molecule has 1 saturated heterocycles. The van der Waals surface area contributed by atoms with E-state index in [4.69, 9.17) is 18.9 Å². The van der Waals surface area contributed by atoms with Crippen molar-refractivity contribution >= 4 is 19.7 Å². The van der Waals surface area contributed by atoms with Crippen LogP contribution in [-0.4, -0.2) is 81.1 Å². The van der Waals surface area contributed by atoms with Gasteiger partial charge in [-0.15, -0.1) is 0 Å². The molecule has 38 heavy (non-hydrogen) atoms. The number of benzene rings is 2. The maximum Gasteiger partial charge on any atom is 0.200 e. The maximum atomic E-state index is 14.0. The Bertz CT molecular complexity index is 1310. The van der Waals surface area contributed by atoms with Crippen molar-refractivity contribution in [3.8, 4) is 23.0 Å². The van der Waals surface area contributed by atoms with Gasteiger partial charge >= 0.3 is 0 Å². The summed E-state index contributed by atoms with van der Waals surface area (Å²) < 4.78 is 73.7. The van der Waals surface area contributed by atoms with Gasteiger partial charge in [0, 0.05) is 19.6 Å². The van der Waals surface area contributed by atoms with Gasteiger partial charge in [0.1, 0.15) is 0 Å². The van der Waals surface area contributed by atoms with Gasteiger partial charge in [-0.3, -0.25) is 0 Å². The molecule has 2 aromatic rings. The molecule has 12 heteroatoms. The Morgan fingerprint density at radius 1 is 0.895 bits per heavy atom. The number of ether oxygens (including phenoxy) is 4. The molecule has 0 spiro atoms. The molecule has 2 aromatic carbocycles. The fourth-order valence-corrected chi connectivity index (χ4v) is 11.2. The Balaban J connectivity index is 1.78. The molecule has 2 unspecified atom stereocenters. The number of aliphatic hydroxyl groups excluding tert-OH is 1. The van der Waals surface area contributed by atoms with Crippen LogP contribution >= 0.6 is 0 Å². The Hall–Kier alpha value is -2.54. The predicted octanol–water partition coefficient (Wildman–Crippen LogP) is 2.08. The minimum absolute atomic E-state index is 0.0200. The lowest BCUT2D eigenvalue weighted by Gasteiger charge is -2.40. The normalized spacial score (nSPS) is 22.0. The van der Waals surface area contributed by atoms with Crippen LogP contribution in [-0.2, 0) is 30.2 Å². The van der Waals surface area contributed by atoms with Crippen molar-refractivity contribution in [2.75, 3.05) is 53.9 Å². The summed E-state index contributed by atoms with van der Waals surface area (Å²) in [6, 6.07) is 9.97. The molecule has 0 aliphatic carbocycles. The average Bonchev–Trinajstić information content (AvgIpc) is 2.91. The molecule has 0 saturated carbocycles. The summed E-state index contributed by atoms with van der Waals surface area (Å²) in [5.41, 5.74) is 1.10. The maximum absolute atomic E-state index is 14.0. The average molecular weight is 572 g/mol. The zero-order valence-corrected chi connectivity index (χ0v) is 23.9. The van der Waals surface area contributed by atoms with Crippen molar-refractivity contribution in [3.63, 3.8) is 0 Å². The van der Waals surface area contributed by atoms with E-state index in [1.54, 1.807) is 14.2 Å². The van der Waals surface area contributed by atoms with E-state index < -0.39 is 42.0 Å². The smallest absolute Gasteiger partial charge is 0.200 e. The fourth-order valence-electron chi connectivity index (χ4n) is 4.99. The standard InChI is InChI=1S/C26H37NO9S2/c1-33-22-9-7-19(16-24(22)35-3)6-5-13-27-18-21-11-15-37(29,30)26(12-14-28,38(21,31)32)20-8-10-23(34-2)25(17-20)36-4/h7-10,16-17,21,27-28H,5-6,11-15,18H2,1-4H3. The summed E-state index contributed by atoms with van der Waals surface area (Å²) in [4.78, 5) is 0. The first kappa shape index (κ1) is 30.0. The summed E-state index contributed by atoms with van der Waals surface area (Å²) >= 11 is 0. The lowest BCUT2D eigenvalue weighted by atomic mass is 10.1. The largest absolute Gasteiger partial charge is 0.493 e. The number of hydrogen-bond donors (Lipinski definition) is 2. The van der Waals surface area contributed by atoms with Crippen LogP contribution in [0.5, 0.6) is 23.0 Å². The molecular weight excluding hydrogens is 534 g/mol. The highest BCUT2D eigenvalue weighted by atomic mass is 32.3. The van der Waals surface area contributed by atoms with E-state index >= 15 is 0 Å². The van der Waals surface area contributed by atoms with Gasteiger partial charge in [0.05, 0.1) is 39.4 Å². The molecule has 212 valence electrons. The van der Waals surface area contributed by atoms with Crippen molar-refractivity contribution < 1.29 is 40.9 Å². The lowest BCUT2D eigenvalue weighted by Crippen LogP contribution is -2.56. The van der Waals surface area contributed by atoms with E-state index in [9.17, 15) is 21.9 Å². The van der Waals surface area contributed by atoms with Crippen molar-refractivity contribution in [1.82, 2.24) is 5.32 Å². The van der Waals surface area contributed by atoms with Crippen LogP contribution in [0.4, 0.5) is 0 Å². The molecule has 2 N–H and O–H groups in total. The molecule has 1 aliphatic rings. The summed E-state index contributed by atoms with van der Waals surface area (Å²) in [6.07, 6.45) is 0.980. The molecule has 2 atom stereocenters. The van der Waals surface area contributed by atoms with Crippen LogP contribution in [0.1, 0.15) is 30.4 Å². The quantitative estimate of drug-likeness (QED) is 0.344. The first-order chi connectivity index (χ1) is 18.1. The summed E-state index contributed by atoms with van der Waals surface area (Å²) in [7, 11) is -2.48. The third kappa shape index (κ3) is 5.58. The predicted molar refractivity (Wildman–Crippen MR) is 145 cm³/mol. The van der Waals surface area contributed by atoms with Gasteiger partial charge in [-0.2, -0.15) is 0 Å². The van der Waals surface area contributed by atoms with Crippen LogP contribution in [0.2, 0.25) is 0 Å². The number of methoxy groups -OCH3 is 4. The SMILES string of the molecule is COc1ccc(CCCNCC2CCS(=O)(=O)C(CCO)(c3ccc(OC)c(OC)c3)S2(=O)=O)cc1OC. The molecule has 3 rings (SSSR count). The third-order valence-corrected chi connectivity index (χ3v) is 13.3. The van der Waals surface area contributed by atoms with Crippen molar-refractivity contribution in [2.45, 2.75) is 35.0 Å². The van der Waals surface area contributed by atoms with Gasteiger partial charge in [-0.25, -0.2) is 16.8 Å². The molecule has 0 aromatic heterocycles. The highest BCUT2D eigenvalue weighted by Crippen LogP contribution is 2.48. The second-order valence-corrected chi connectivity index (χ2v) is 14.1. The topological polar surface area (TPSA) is 137 Å². The summed E-state index contributed by atoms with van der Waals surface area (Å²) in [5.74, 6) is 1.53. The minimum atomic E-state index is -4.29. The Labute approximate surface area is 225 Å². The van der Waals surface area contributed by atoms with E-state index in [1.807, 2.05) is 18.2 Å². The summed E-state index contributed by atoms with van der Waals surface area (Å²) in [6.45, 7) is 0.0268. The van der Waals surface area contributed by atoms with E-state index in [1.165, 1.54) is 32.4 Å². The van der Waals surface area contributed by atoms with Gasteiger partial charge < -0.3 is 29.4 Å². The van der Waals surface area contributed by atoms with Gasteiger partial charge in [0.25, 0.3) is 0 Å². The molecule has 0 amide bonds. The highest BCUT2D eigenvalue weighted by Gasteiger charge is 2.61. The molecule has 10 nitrogen and oxygen atoms in total. The molecule has 0 bridgehead atoms. The fraction of sp³-hybridized carbons (Fsp3) is 0.538. The van der Waals surface area contributed by atoms with E-state index in [2.05, 4.69) is 5.32 Å². The number of rotatable bonds is 13. The lowest BCUT2D eigenvalue weighted by molar-refractivity contribution is 0.277. The van der Waals surface area contributed by atoms with Crippen molar-refractivity contribution in [2.24, 2.45) is 0 Å². The molecular formula is C26H37NO9S2. The van der Waals surface area contributed by atoms with Gasteiger partial charge in [0.2, 0.25) is 4.08 Å². The minimum Gasteiger partial charge on any atom is -0.493 e.